The molecule has 1 heterocycles. The lowest BCUT2D eigenvalue weighted by Gasteiger charge is -2.17. The van der Waals surface area contributed by atoms with Gasteiger partial charge in [0.05, 0.1) is 52.9 Å². The molecule has 69 heavy (non-hydrogen) atoms. The summed E-state index contributed by atoms with van der Waals surface area (Å²) >= 11 is 0. The van der Waals surface area contributed by atoms with Gasteiger partial charge < -0.3 is 42.7 Å². The monoisotopic (exact) mass is 940 g/mol. The summed E-state index contributed by atoms with van der Waals surface area (Å²) in [4.78, 5) is 41.0. The van der Waals surface area contributed by atoms with Crippen LogP contribution in [0.15, 0.2) is 151 Å². The van der Waals surface area contributed by atoms with Gasteiger partial charge in [-0.15, -0.1) is 0 Å². The van der Waals surface area contributed by atoms with E-state index in [0.29, 0.717) is 43.3 Å². The van der Waals surface area contributed by atoms with Crippen LogP contribution >= 0.6 is 0 Å². The number of ether oxygens (including phenoxy) is 8. The lowest BCUT2D eigenvalue weighted by molar-refractivity contribution is -0.483. The average molecular weight is 941 g/mol. The van der Waals surface area contributed by atoms with Crippen LogP contribution < -0.4 is 28.4 Å². The molecule has 0 amide bonds. The Bertz CT molecular complexity index is 2550. The predicted octanol–water partition coefficient (Wildman–Crippen LogP) is 10.1. The van der Waals surface area contributed by atoms with Crippen molar-refractivity contribution in [1.29, 1.82) is 0 Å². The highest BCUT2D eigenvalue weighted by atomic mass is 16.6. The Kier molecular flexibility index (Phi) is 19.2. The summed E-state index contributed by atoms with van der Waals surface area (Å²) in [7, 11) is 6.44. The van der Waals surface area contributed by atoms with Crippen LogP contribution in [0.3, 0.4) is 0 Å². The van der Waals surface area contributed by atoms with Crippen LogP contribution in [0.2, 0.25) is 0 Å². The molecule has 0 aromatic heterocycles. The molecule has 6 aromatic carbocycles. The first kappa shape index (κ1) is 50.3. The van der Waals surface area contributed by atoms with E-state index in [2.05, 4.69) is 5.16 Å². The SMILES string of the molecule is COc1ccc(COC(=O)CC(C2=NOCC2)c2ccc(OCc3ccc(OC)cc3)cc2)cc1.COc1ccc(COC(=O)CC(C[N+](=O)[O-])c2ccc(OCc3ccc(OC)cc3)cc2)cc1. The van der Waals surface area contributed by atoms with E-state index in [-0.39, 0.29) is 44.5 Å². The molecule has 2 atom stereocenters. The molecule has 0 saturated heterocycles. The van der Waals surface area contributed by atoms with Crippen molar-refractivity contribution < 1.29 is 57.2 Å². The number of hydrogen-bond acceptors (Lipinski definition) is 14. The molecular weight excluding hydrogens is 885 g/mol. The third kappa shape index (κ3) is 16.3. The maximum atomic E-state index is 12.7. The summed E-state index contributed by atoms with van der Waals surface area (Å²) in [5.74, 6) is 2.82. The molecule has 2 unspecified atom stereocenters. The number of carbonyl (C=O) groups excluding carboxylic acids is 2. The minimum absolute atomic E-state index is 0.0894. The highest BCUT2D eigenvalue weighted by molar-refractivity contribution is 5.94. The van der Waals surface area contributed by atoms with Crippen molar-refractivity contribution >= 4 is 17.7 Å². The molecule has 0 aliphatic carbocycles. The van der Waals surface area contributed by atoms with Crippen LogP contribution in [0.1, 0.15) is 64.5 Å². The van der Waals surface area contributed by atoms with Gasteiger partial charge in [-0.25, -0.2) is 0 Å². The Morgan fingerprint density at radius 2 is 0.884 bits per heavy atom. The summed E-state index contributed by atoms with van der Waals surface area (Å²) < 4.78 is 43.2. The minimum atomic E-state index is -0.603. The summed E-state index contributed by atoms with van der Waals surface area (Å²) in [5, 5.41) is 15.4. The third-order valence-corrected chi connectivity index (χ3v) is 11.1. The highest BCUT2D eigenvalue weighted by Gasteiger charge is 2.26. The Hall–Kier alpha value is -8.07. The first-order valence-electron chi connectivity index (χ1n) is 22.2. The van der Waals surface area contributed by atoms with Gasteiger partial charge in [0.25, 0.3) is 0 Å². The van der Waals surface area contributed by atoms with Gasteiger partial charge in [-0.05, 0) is 106 Å². The van der Waals surface area contributed by atoms with Crippen LogP contribution in [-0.2, 0) is 50.3 Å². The van der Waals surface area contributed by atoms with Gasteiger partial charge in [-0.3, -0.25) is 19.7 Å². The van der Waals surface area contributed by atoms with E-state index < -0.39 is 16.8 Å². The first-order valence-corrected chi connectivity index (χ1v) is 22.2. The molecule has 0 saturated carbocycles. The zero-order valence-electron chi connectivity index (χ0n) is 39.1. The molecule has 0 fully saturated rings. The quantitative estimate of drug-likeness (QED) is 0.0338. The van der Waals surface area contributed by atoms with E-state index in [1.165, 1.54) is 0 Å². The van der Waals surface area contributed by atoms with Gasteiger partial charge >= 0.3 is 11.9 Å². The van der Waals surface area contributed by atoms with Gasteiger partial charge in [0.2, 0.25) is 6.54 Å². The molecule has 360 valence electrons. The molecule has 7 rings (SSSR count). The maximum Gasteiger partial charge on any atom is 0.307 e. The van der Waals surface area contributed by atoms with Crippen molar-refractivity contribution in [3.8, 4) is 34.5 Å². The normalized spacial score (nSPS) is 12.4. The number of methoxy groups -OCH3 is 4. The molecule has 15 nitrogen and oxygen atoms in total. The Morgan fingerprint density at radius 3 is 1.25 bits per heavy atom. The number of oxime groups is 1. The summed E-state index contributed by atoms with van der Waals surface area (Å²) in [5.41, 5.74) is 6.22. The number of hydrogen-bond donors (Lipinski definition) is 0. The van der Waals surface area contributed by atoms with E-state index in [1.807, 2.05) is 97.1 Å². The second-order valence-electron chi connectivity index (χ2n) is 15.8. The number of rotatable bonds is 23. The van der Waals surface area contributed by atoms with Gasteiger partial charge in [0.1, 0.15) is 67.5 Å². The van der Waals surface area contributed by atoms with Crippen molar-refractivity contribution in [1.82, 2.24) is 0 Å². The molecule has 0 spiro atoms. The highest BCUT2D eigenvalue weighted by Crippen LogP contribution is 2.29. The standard InChI is InChI=1S/C28H29NO6.C26H27NO7/c1-31-23-9-3-20(4-10-23)18-33-25-13-7-22(8-14-25)26(27-15-16-35-29-27)17-28(30)34-19-21-5-11-24(32-2)12-6-21;1-31-23-9-3-19(4-10-23)17-33-25-13-7-21(8-14-25)22(16-27(29)30)15-26(28)34-18-20-5-11-24(32-2)12-6-20/h3-14,26H,15-19H2,1-2H3;3-14,22H,15-18H2,1-2H3. The van der Waals surface area contributed by atoms with E-state index in [0.717, 1.165) is 56.5 Å². The van der Waals surface area contributed by atoms with Crippen LogP contribution in [0, 0.1) is 10.1 Å². The van der Waals surface area contributed by atoms with E-state index in [1.54, 1.807) is 77.0 Å². The number of nitro groups is 1. The van der Waals surface area contributed by atoms with E-state index >= 15 is 0 Å². The Balaban J connectivity index is 0.000000227. The molecule has 0 N–H and O–H groups in total. The Morgan fingerprint density at radius 1 is 0.522 bits per heavy atom. The van der Waals surface area contributed by atoms with Crippen LogP contribution in [0.25, 0.3) is 0 Å². The largest absolute Gasteiger partial charge is 0.497 e. The zero-order chi connectivity index (χ0) is 48.8. The fourth-order valence-corrected chi connectivity index (χ4v) is 7.12. The van der Waals surface area contributed by atoms with Gasteiger partial charge in [-0.1, -0.05) is 78.0 Å². The number of nitrogens with zero attached hydrogens (tertiary/aromatic N) is 2. The molecule has 1 aliphatic rings. The van der Waals surface area contributed by atoms with Crippen molar-refractivity contribution in [3.63, 3.8) is 0 Å². The van der Waals surface area contributed by atoms with Crippen LogP contribution in [-0.4, -0.2) is 64.2 Å². The number of benzene rings is 6. The third-order valence-electron chi connectivity index (χ3n) is 11.1. The second kappa shape index (κ2) is 26.3. The van der Waals surface area contributed by atoms with Crippen molar-refractivity contribution in [2.24, 2.45) is 5.16 Å². The van der Waals surface area contributed by atoms with Gasteiger partial charge in [-0.2, -0.15) is 0 Å². The number of carbonyl (C=O) groups is 2. The minimum Gasteiger partial charge on any atom is -0.497 e. The van der Waals surface area contributed by atoms with Crippen molar-refractivity contribution in [2.75, 3.05) is 41.6 Å². The molecular formula is C54H56N2O13. The second-order valence-corrected chi connectivity index (χ2v) is 15.8. The smallest absolute Gasteiger partial charge is 0.307 e. The maximum absolute atomic E-state index is 12.7. The molecule has 6 aromatic rings. The lowest BCUT2D eigenvalue weighted by Crippen LogP contribution is -2.18. The predicted molar refractivity (Wildman–Crippen MR) is 258 cm³/mol. The van der Waals surface area contributed by atoms with Gasteiger partial charge in [0, 0.05) is 17.3 Å². The van der Waals surface area contributed by atoms with Crippen LogP contribution in [0.5, 0.6) is 34.5 Å². The van der Waals surface area contributed by atoms with Gasteiger partial charge in [0.15, 0.2) is 0 Å². The van der Waals surface area contributed by atoms with E-state index in [9.17, 15) is 19.7 Å². The van der Waals surface area contributed by atoms with Crippen molar-refractivity contribution in [3.05, 3.63) is 189 Å². The zero-order valence-corrected chi connectivity index (χ0v) is 39.1. The summed E-state index contributed by atoms with van der Waals surface area (Å²) in [6, 6.07) is 44.6. The number of esters is 2. The fraction of sp³-hybridized carbons (Fsp3) is 0.278. The first-order chi connectivity index (χ1) is 33.6. The summed E-state index contributed by atoms with van der Waals surface area (Å²) in [6.45, 7) is 1.27. The molecule has 1 aliphatic heterocycles. The molecule has 0 bridgehead atoms. The summed E-state index contributed by atoms with van der Waals surface area (Å²) in [6.07, 6.45) is 0.778. The molecule has 0 radical (unpaired) electrons. The topological polar surface area (TPSA) is 173 Å². The van der Waals surface area contributed by atoms with Crippen LogP contribution in [0.4, 0.5) is 0 Å². The Labute approximate surface area is 401 Å². The lowest BCUT2D eigenvalue weighted by atomic mass is 9.89. The molecule has 15 heteroatoms. The van der Waals surface area contributed by atoms with Crippen molar-refractivity contribution in [2.45, 2.75) is 57.5 Å². The fourth-order valence-electron chi connectivity index (χ4n) is 7.12. The average Bonchev–Trinajstić information content (AvgIpc) is 3.94. The van der Waals surface area contributed by atoms with E-state index in [4.69, 9.17) is 42.7 Å².